The van der Waals surface area contributed by atoms with E-state index in [9.17, 15) is 0 Å². The molecule has 0 atom stereocenters. The molecule has 2 nitrogen and oxygen atoms in total. The normalized spacial score (nSPS) is 11.5. The number of aryl methyl sites for hydroxylation is 2. The van der Waals surface area contributed by atoms with Crippen LogP contribution in [0.25, 0.3) is 20.2 Å². The van der Waals surface area contributed by atoms with Gasteiger partial charge < -0.3 is 0 Å². The molecule has 0 saturated heterocycles. The first-order valence-electron chi connectivity index (χ1n) is 7.92. The molecule has 0 radical (unpaired) electrons. The Morgan fingerprint density at radius 1 is 0.667 bits per heavy atom. The zero-order chi connectivity index (χ0) is 16.5. The SMILES string of the molecule is S=c1c2ccccc2sn1CCCCn1sc2ccccc2c1=S. The quantitative estimate of drug-likeness (QED) is 0.279. The van der Waals surface area contributed by atoms with Crippen molar-refractivity contribution in [1.82, 2.24) is 7.91 Å². The molecule has 0 aliphatic rings. The molecule has 0 aliphatic heterocycles. The van der Waals surface area contributed by atoms with Crippen molar-refractivity contribution in [1.29, 1.82) is 0 Å². The van der Waals surface area contributed by atoms with Gasteiger partial charge in [0.1, 0.15) is 9.28 Å². The van der Waals surface area contributed by atoms with E-state index in [1.807, 2.05) is 0 Å². The summed E-state index contributed by atoms with van der Waals surface area (Å²) in [6, 6.07) is 16.8. The molecule has 2 aromatic heterocycles. The highest BCUT2D eigenvalue weighted by atomic mass is 32.1. The fourth-order valence-electron chi connectivity index (χ4n) is 2.84. The van der Waals surface area contributed by atoms with E-state index >= 15 is 0 Å². The first-order valence-corrected chi connectivity index (χ1v) is 10.3. The fraction of sp³-hybridized carbons (Fsp3) is 0.222. The van der Waals surface area contributed by atoms with Crippen LogP contribution in [0.4, 0.5) is 0 Å². The summed E-state index contributed by atoms with van der Waals surface area (Å²) in [5, 5.41) is 2.40. The Kier molecular flexibility index (Phi) is 4.63. The maximum absolute atomic E-state index is 5.59. The predicted octanol–water partition coefficient (Wildman–Crippen LogP) is 6.66. The van der Waals surface area contributed by atoms with Crippen molar-refractivity contribution in [3.8, 4) is 0 Å². The number of rotatable bonds is 5. The maximum atomic E-state index is 5.59. The summed E-state index contributed by atoms with van der Waals surface area (Å²) in [6.45, 7) is 1.97. The van der Waals surface area contributed by atoms with E-state index in [2.05, 4.69) is 56.4 Å². The second-order valence-corrected chi connectivity index (χ2v) is 8.60. The topological polar surface area (TPSA) is 9.86 Å². The van der Waals surface area contributed by atoms with Gasteiger partial charge >= 0.3 is 0 Å². The van der Waals surface area contributed by atoms with Gasteiger partial charge in [0.25, 0.3) is 0 Å². The van der Waals surface area contributed by atoms with Crippen molar-refractivity contribution in [3.63, 3.8) is 0 Å². The second-order valence-electron chi connectivity index (χ2n) is 5.70. The molecule has 4 aromatic rings. The number of aromatic nitrogens is 2. The highest BCUT2D eigenvalue weighted by molar-refractivity contribution is 7.72. The largest absolute Gasteiger partial charge is 0.287 e. The molecule has 6 heteroatoms. The molecule has 0 unspecified atom stereocenters. The Balaban J connectivity index is 1.43. The molecule has 2 heterocycles. The Hall–Kier alpha value is -1.34. The van der Waals surface area contributed by atoms with Gasteiger partial charge in [-0.15, -0.1) is 0 Å². The third kappa shape index (κ3) is 2.99. The predicted molar refractivity (Wildman–Crippen MR) is 111 cm³/mol. The molecule has 0 aliphatic carbocycles. The van der Waals surface area contributed by atoms with Crippen LogP contribution in [0, 0.1) is 9.28 Å². The Bertz CT molecular complexity index is 1020. The van der Waals surface area contributed by atoms with Gasteiger partial charge in [-0.2, -0.15) is 0 Å². The van der Waals surface area contributed by atoms with E-state index in [4.69, 9.17) is 24.4 Å². The first-order chi connectivity index (χ1) is 11.7. The Labute approximate surface area is 158 Å². The number of unbranched alkanes of at least 4 members (excludes halogenated alkanes) is 1. The van der Waals surface area contributed by atoms with Crippen molar-refractivity contribution >= 4 is 67.7 Å². The lowest BCUT2D eigenvalue weighted by atomic mass is 10.3. The molecule has 0 saturated carbocycles. The van der Waals surface area contributed by atoms with E-state index < -0.39 is 0 Å². The summed E-state index contributed by atoms with van der Waals surface area (Å²) in [6.07, 6.45) is 2.22. The van der Waals surface area contributed by atoms with Crippen molar-refractivity contribution < 1.29 is 0 Å². The molecule has 122 valence electrons. The monoisotopic (exact) mass is 388 g/mol. The van der Waals surface area contributed by atoms with E-state index in [0.29, 0.717) is 0 Å². The van der Waals surface area contributed by atoms with Gasteiger partial charge in [0, 0.05) is 23.9 Å². The van der Waals surface area contributed by atoms with Gasteiger partial charge in [0.15, 0.2) is 0 Å². The fourth-order valence-corrected chi connectivity index (χ4v) is 5.81. The average Bonchev–Trinajstić information content (AvgIpc) is 3.10. The summed E-state index contributed by atoms with van der Waals surface area (Å²) in [4.78, 5) is 0. The van der Waals surface area contributed by atoms with Gasteiger partial charge in [-0.25, -0.2) is 0 Å². The van der Waals surface area contributed by atoms with Crippen LogP contribution in [-0.2, 0) is 13.1 Å². The third-order valence-corrected chi connectivity index (χ3v) is 7.47. The van der Waals surface area contributed by atoms with Gasteiger partial charge in [-0.3, -0.25) is 7.91 Å². The standard InChI is InChI=1S/C18H16N2S4/c21-17-13-7-1-3-9-15(13)23-19(17)11-5-6-12-20-18(22)14-8-2-4-10-16(14)24-20/h1-4,7-10H,5-6,11-12H2. The van der Waals surface area contributed by atoms with Crippen LogP contribution in [-0.4, -0.2) is 7.91 Å². The molecule has 0 N–H and O–H groups in total. The molecular weight excluding hydrogens is 372 g/mol. The van der Waals surface area contributed by atoms with E-state index in [0.717, 1.165) is 35.2 Å². The summed E-state index contributed by atoms with van der Waals surface area (Å²) < 4.78 is 8.96. The minimum atomic E-state index is 0.967. The van der Waals surface area contributed by atoms with E-state index in [-0.39, 0.29) is 0 Å². The van der Waals surface area contributed by atoms with Crippen LogP contribution >= 0.6 is 47.5 Å². The maximum Gasteiger partial charge on any atom is 0.123 e. The molecule has 2 aromatic carbocycles. The minimum Gasteiger partial charge on any atom is -0.287 e. The lowest BCUT2D eigenvalue weighted by molar-refractivity contribution is 0.586. The Morgan fingerprint density at radius 2 is 1.08 bits per heavy atom. The van der Waals surface area contributed by atoms with Crippen LogP contribution in [0.3, 0.4) is 0 Å². The zero-order valence-electron chi connectivity index (χ0n) is 13.0. The van der Waals surface area contributed by atoms with Gasteiger partial charge in [-0.05, 0) is 25.0 Å². The number of benzene rings is 2. The average molecular weight is 389 g/mol. The number of fused-ring (bicyclic) bond motifs is 2. The van der Waals surface area contributed by atoms with Crippen LogP contribution in [0.2, 0.25) is 0 Å². The summed E-state index contributed by atoms with van der Waals surface area (Å²) in [5.41, 5.74) is 0. The van der Waals surface area contributed by atoms with Crippen LogP contribution in [0.1, 0.15) is 12.8 Å². The van der Waals surface area contributed by atoms with Crippen LogP contribution in [0.5, 0.6) is 0 Å². The van der Waals surface area contributed by atoms with Gasteiger partial charge in [0.2, 0.25) is 0 Å². The molecule has 0 spiro atoms. The van der Waals surface area contributed by atoms with Gasteiger partial charge in [0.05, 0.1) is 9.40 Å². The molecule has 4 rings (SSSR count). The van der Waals surface area contributed by atoms with Crippen molar-refractivity contribution in [2.24, 2.45) is 0 Å². The lowest BCUT2D eigenvalue weighted by Gasteiger charge is -2.03. The van der Waals surface area contributed by atoms with Crippen LogP contribution < -0.4 is 0 Å². The van der Waals surface area contributed by atoms with E-state index in [1.165, 1.54) is 20.2 Å². The zero-order valence-corrected chi connectivity index (χ0v) is 16.2. The van der Waals surface area contributed by atoms with Gasteiger partial charge in [-0.1, -0.05) is 83.9 Å². The second kappa shape index (κ2) is 6.88. The minimum absolute atomic E-state index is 0.967. The summed E-state index contributed by atoms with van der Waals surface area (Å²) in [5.74, 6) is 0. The van der Waals surface area contributed by atoms with Crippen molar-refractivity contribution in [2.45, 2.75) is 25.9 Å². The first kappa shape index (κ1) is 16.1. The van der Waals surface area contributed by atoms with E-state index in [1.54, 1.807) is 23.1 Å². The third-order valence-electron chi connectivity index (χ3n) is 4.08. The number of hydrogen-bond donors (Lipinski definition) is 0. The highest BCUT2D eigenvalue weighted by Gasteiger charge is 2.05. The molecular formula is C18H16N2S4. The lowest BCUT2D eigenvalue weighted by Crippen LogP contribution is -1.98. The number of nitrogens with zero attached hydrogens (tertiary/aromatic N) is 2. The molecule has 0 fully saturated rings. The highest BCUT2D eigenvalue weighted by Crippen LogP contribution is 2.25. The molecule has 24 heavy (non-hydrogen) atoms. The van der Waals surface area contributed by atoms with Crippen molar-refractivity contribution in [2.75, 3.05) is 0 Å². The smallest absolute Gasteiger partial charge is 0.123 e. The number of hydrogen-bond acceptors (Lipinski definition) is 4. The summed E-state index contributed by atoms with van der Waals surface area (Å²) in [7, 11) is 0. The van der Waals surface area contributed by atoms with Crippen molar-refractivity contribution in [3.05, 3.63) is 57.8 Å². The Morgan fingerprint density at radius 3 is 1.50 bits per heavy atom. The van der Waals surface area contributed by atoms with Crippen LogP contribution in [0.15, 0.2) is 48.5 Å². The molecule has 0 bridgehead atoms. The summed E-state index contributed by atoms with van der Waals surface area (Å²) >= 11 is 14.7. The molecule has 0 amide bonds.